The molecule has 2 heterocycles. The summed E-state index contributed by atoms with van der Waals surface area (Å²) in [5.41, 5.74) is 0.457. The fourth-order valence-corrected chi connectivity index (χ4v) is 4.13. The Morgan fingerprint density at radius 3 is 2.96 bits per heavy atom. The Morgan fingerprint density at radius 1 is 1.48 bits per heavy atom. The molecule has 3 rings (SSSR count). The lowest BCUT2D eigenvalue weighted by Crippen LogP contribution is -2.44. The fourth-order valence-electron chi connectivity index (χ4n) is 4.13. The van der Waals surface area contributed by atoms with E-state index in [4.69, 9.17) is 4.74 Å². The standard InChI is InChI=1S/C17H25N3O3/c1-4-17(22)7-5-6-12-9-20(10-13(12)17)16-18-11(2)8-14(19-16)15(21)23-3/h8,12-13,22H,4-7,9-10H2,1-3H3/t12-,13+,17-/m0/s1. The largest absolute Gasteiger partial charge is 0.464 e. The monoisotopic (exact) mass is 319 g/mol. The van der Waals surface area contributed by atoms with Crippen LogP contribution in [0.25, 0.3) is 0 Å². The predicted octanol–water partition coefficient (Wildman–Crippen LogP) is 1.95. The van der Waals surface area contributed by atoms with Crippen LogP contribution in [0.1, 0.15) is 48.8 Å². The van der Waals surface area contributed by atoms with Crippen molar-refractivity contribution in [3.05, 3.63) is 17.5 Å². The number of rotatable bonds is 3. The molecule has 126 valence electrons. The van der Waals surface area contributed by atoms with Gasteiger partial charge in [-0.05, 0) is 38.2 Å². The molecule has 2 aliphatic rings. The van der Waals surface area contributed by atoms with Gasteiger partial charge in [0.15, 0.2) is 5.69 Å². The minimum absolute atomic E-state index is 0.256. The Hall–Kier alpha value is -1.69. The number of fused-ring (bicyclic) bond motifs is 1. The molecule has 0 spiro atoms. The van der Waals surface area contributed by atoms with Crippen molar-refractivity contribution in [3.63, 3.8) is 0 Å². The van der Waals surface area contributed by atoms with Gasteiger partial charge in [-0.2, -0.15) is 0 Å². The third kappa shape index (κ3) is 2.92. The molecule has 6 nitrogen and oxygen atoms in total. The lowest BCUT2D eigenvalue weighted by molar-refractivity contribution is -0.0597. The number of hydrogen-bond donors (Lipinski definition) is 1. The number of hydrogen-bond acceptors (Lipinski definition) is 6. The van der Waals surface area contributed by atoms with Crippen LogP contribution in [0.15, 0.2) is 6.07 Å². The number of anilines is 1. The van der Waals surface area contributed by atoms with Crippen molar-refractivity contribution >= 4 is 11.9 Å². The smallest absolute Gasteiger partial charge is 0.356 e. The molecule has 6 heteroatoms. The number of aliphatic hydroxyl groups is 1. The quantitative estimate of drug-likeness (QED) is 0.858. The minimum Gasteiger partial charge on any atom is -0.464 e. The highest BCUT2D eigenvalue weighted by molar-refractivity contribution is 5.87. The van der Waals surface area contributed by atoms with E-state index in [2.05, 4.69) is 21.8 Å². The van der Waals surface area contributed by atoms with Crippen LogP contribution in [-0.2, 0) is 4.74 Å². The molecule has 1 aliphatic carbocycles. The van der Waals surface area contributed by atoms with Crippen LogP contribution >= 0.6 is 0 Å². The summed E-state index contributed by atoms with van der Waals surface area (Å²) in [5, 5.41) is 10.9. The van der Waals surface area contributed by atoms with E-state index in [0.29, 0.717) is 11.9 Å². The van der Waals surface area contributed by atoms with Gasteiger partial charge in [0.2, 0.25) is 5.95 Å². The van der Waals surface area contributed by atoms with E-state index in [-0.39, 0.29) is 11.6 Å². The lowest BCUT2D eigenvalue weighted by Gasteiger charge is -2.40. The van der Waals surface area contributed by atoms with Crippen molar-refractivity contribution in [1.29, 1.82) is 0 Å². The van der Waals surface area contributed by atoms with E-state index < -0.39 is 11.6 Å². The Balaban J connectivity index is 1.86. The van der Waals surface area contributed by atoms with Gasteiger partial charge in [0, 0.05) is 24.7 Å². The highest BCUT2D eigenvalue weighted by Crippen LogP contribution is 2.44. The third-order valence-electron chi connectivity index (χ3n) is 5.45. The topological polar surface area (TPSA) is 75.5 Å². The van der Waals surface area contributed by atoms with Gasteiger partial charge < -0.3 is 14.7 Å². The molecular weight excluding hydrogens is 294 g/mol. The zero-order valence-electron chi connectivity index (χ0n) is 14.1. The predicted molar refractivity (Wildman–Crippen MR) is 86.4 cm³/mol. The molecule has 0 unspecified atom stereocenters. The number of nitrogens with zero attached hydrogens (tertiary/aromatic N) is 3. The van der Waals surface area contributed by atoms with E-state index in [9.17, 15) is 9.90 Å². The van der Waals surface area contributed by atoms with E-state index in [1.54, 1.807) is 6.07 Å². The molecule has 1 aromatic rings. The number of methoxy groups -OCH3 is 1. The molecule has 1 saturated heterocycles. The van der Waals surface area contributed by atoms with Gasteiger partial charge in [-0.15, -0.1) is 0 Å². The molecule has 0 amide bonds. The molecule has 23 heavy (non-hydrogen) atoms. The van der Waals surface area contributed by atoms with Crippen molar-refractivity contribution < 1.29 is 14.6 Å². The van der Waals surface area contributed by atoms with Crippen LogP contribution in [0, 0.1) is 18.8 Å². The second-order valence-corrected chi connectivity index (χ2v) is 6.81. The number of ether oxygens (including phenoxy) is 1. The summed E-state index contributed by atoms with van der Waals surface area (Å²) in [6, 6.07) is 1.64. The number of esters is 1. The first-order chi connectivity index (χ1) is 11.0. The van der Waals surface area contributed by atoms with Crippen LogP contribution < -0.4 is 4.90 Å². The zero-order valence-corrected chi connectivity index (χ0v) is 14.1. The molecule has 1 aromatic heterocycles. The first kappa shape index (κ1) is 16.2. The highest BCUT2D eigenvalue weighted by atomic mass is 16.5. The number of carbonyl (C=O) groups is 1. The summed E-state index contributed by atoms with van der Waals surface area (Å²) < 4.78 is 4.77. The molecular formula is C17H25N3O3. The van der Waals surface area contributed by atoms with E-state index >= 15 is 0 Å². The summed E-state index contributed by atoms with van der Waals surface area (Å²) in [4.78, 5) is 22.7. The summed E-state index contributed by atoms with van der Waals surface area (Å²) in [5.74, 6) is 0.850. The second-order valence-electron chi connectivity index (χ2n) is 6.81. The second kappa shape index (κ2) is 6.07. The average molecular weight is 319 g/mol. The maximum atomic E-state index is 11.8. The fraction of sp³-hybridized carbons (Fsp3) is 0.706. The summed E-state index contributed by atoms with van der Waals surface area (Å²) in [7, 11) is 1.35. The average Bonchev–Trinajstić information content (AvgIpc) is 2.99. The first-order valence-corrected chi connectivity index (χ1v) is 8.38. The van der Waals surface area contributed by atoms with Gasteiger partial charge in [0.1, 0.15) is 0 Å². The lowest BCUT2D eigenvalue weighted by atomic mass is 9.69. The van der Waals surface area contributed by atoms with E-state index in [1.807, 2.05) is 6.92 Å². The Labute approximate surface area is 136 Å². The van der Waals surface area contributed by atoms with Gasteiger partial charge in [-0.1, -0.05) is 13.3 Å². The van der Waals surface area contributed by atoms with Crippen molar-refractivity contribution in [1.82, 2.24) is 9.97 Å². The van der Waals surface area contributed by atoms with Gasteiger partial charge in [0.25, 0.3) is 0 Å². The van der Waals surface area contributed by atoms with Gasteiger partial charge >= 0.3 is 5.97 Å². The molecule has 2 fully saturated rings. The Bertz CT molecular complexity index is 607. The van der Waals surface area contributed by atoms with Crippen molar-refractivity contribution in [2.75, 3.05) is 25.1 Å². The van der Waals surface area contributed by atoms with E-state index in [0.717, 1.165) is 44.5 Å². The number of aromatic nitrogens is 2. The minimum atomic E-state index is -0.577. The van der Waals surface area contributed by atoms with Crippen molar-refractivity contribution in [3.8, 4) is 0 Å². The zero-order chi connectivity index (χ0) is 16.6. The van der Waals surface area contributed by atoms with Gasteiger partial charge in [-0.25, -0.2) is 14.8 Å². The van der Waals surface area contributed by atoms with Crippen LogP contribution in [-0.4, -0.2) is 46.8 Å². The van der Waals surface area contributed by atoms with Crippen LogP contribution in [0.4, 0.5) is 5.95 Å². The molecule has 0 radical (unpaired) electrons. The SMILES string of the molecule is CC[C@]1(O)CCC[C@H]2CN(c3nc(C)cc(C(=O)OC)n3)C[C@H]21. The molecule has 1 aliphatic heterocycles. The first-order valence-electron chi connectivity index (χ1n) is 8.38. The molecule has 1 saturated carbocycles. The number of aryl methyl sites for hydroxylation is 1. The Kier molecular flexibility index (Phi) is 4.27. The summed E-state index contributed by atoms with van der Waals surface area (Å²) in [6.45, 7) is 5.50. The van der Waals surface area contributed by atoms with Crippen LogP contribution in [0.5, 0.6) is 0 Å². The third-order valence-corrected chi connectivity index (χ3v) is 5.45. The molecule has 0 aromatic carbocycles. The molecule has 3 atom stereocenters. The van der Waals surface area contributed by atoms with Gasteiger partial charge in [-0.3, -0.25) is 0 Å². The maximum Gasteiger partial charge on any atom is 0.356 e. The normalized spacial score (nSPS) is 30.2. The van der Waals surface area contributed by atoms with Crippen LogP contribution in [0.3, 0.4) is 0 Å². The van der Waals surface area contributed by atoms with Crippen molar-refractivity contribution in [2.45, 2.75) is 45.1 Å². The summed E-state index contributed by atoms with van der Waals surface area (Å²) in [6.07, 6.45) is 3.87. The van der Waals surface area contributed by atoms with Crippen LogP contribution in [0.2, 0.25) is 0 Å². The van der Waals surface area contributed by atoms with Gasteiger partial charge in [0.05, 0.1) is 12.7 Å². The number of carbonyl (C=O) groups excluding carboxylic acids is 1. The van der Waals surface area contributed by atoms with E-state index in [1.165, 1.54) is 7.11 Å². The molecule has 1 N–H and O–H groups in total. The molecule has 0 bridgehead atoms. The Morgan fingerprint density at radius 2 is 2.26 bits per heavy atom. The maximum absolute atomic E-state index is 11.8. The highest BCUT2D eigenvalue weighted by Gasteiger charge is 2.48. The van der Waals surface area contributed by atoms with Crippen molar-refractivity contribution in [2.24, 2.45) is 11.8 Å². The summed E-state index contributed by atoms with van der Waals surface area (Å²) >= 11 is 0.